The standard InChI is InChI=1S/C53H101NO5/c1-3-5-7-9-11-13-25-29-33-37-41-45-51(56)50(49-55)54-52(57)46-42-38-34-30-27-23-21-19-17-15-16-18-20-22-24-28-32-36-40-44-48-59-53(58)47-43-39-35-31-26-14-12-10-8-6-4-2/h15,17,41,45,50-51,55-56H,3-14,16,18-40,42-44,46-49H2,1-2H3,(H,54,57)/b17-15-,45-41+. The van der Waals surface area contributed by atoms with Crippen LogP contribution in [0.3, 0.4) is 0 Å². The van der Waals surface area contributed by atoms with Gasteiger partial charge < -0.3 is 20.3 Å². The summed E-state index contributed by atoms with van der Waals surface area (Å²) in [5.74, 6) is -0.0733. The molecule has 0 spiro atoms. The molecule has 0 aliphatic carbocycles. The minimum absolute atomic E-state index is 0.00475. The van der Waals surface area contributed by atoms with Crippen molar-refractivity contribution >= 4 is 11.9 Å². The maximum Gasteiger partial charge on any atom is 0.305 e. The summed E-state index contributed by atoms with van der Waals surface area (Å²) in [5.41, 5.74) is 0. The van der Waals surface area contributed by atoms with Crippen LogP contribution in [0, 0.1) is 0 Å². The van der Waals surface area contributed by atoms with Crippen LogP contribution in [-0.2, 0) is 14.3 Å². The number of rotatable bonds is 48. The van der Waals surface area contributed by atoms with E-state index < -0.39 is 12.1 Å². The van der Waals surface area contributed by atoms with Crippen LogP contribution in [0.15, 0.2) is 24.3 Å². The van der Waals surface area contributed by atoms with E-state index in [0.29, 0.717) is 19.4 Å². The first-order chi connectivity index (χ1) is 29.0. The number of allylic oxidation sites excluding steroid dienone is 3. The second-order valence-electron chi connectivity index (χ2n) is 17.9. The van der Waals surface area contributed by atoms with E-state index in [1.807, 2.05) is 6.08 Å². The number of ether oxygens (including phenoxy) is 1. The van der Waals surface area contributed by atoms with E-state index in [4.69, 9.17) is 4.74 Å². The van der Waals surface area contributed by atoms with Gasteiger partial charge in [0.1, 0.15) is 0 Å². The average Bonchev–Trinajstić information content (AvgIpc) is 3.24. The first-order valence-electron chi connectivity index (χ1n) is 26.1. The minimum atomic E-state index is -0.847. The van der Waals surface area contributed by atoms with Crippen molar-refractivity contribution in [2.45, 2.75) is 289 Å². The van der Waals surface area contributed by atoms with Crippen molar-refractivity contribution in [1.82, 2.24) is 5.32 Å². The van der Waals surface area contributed by atoms with E-state index in [2.05, 4.69) is 31.3 Å². The number of carbonyl (C=O) groups is 2. The second kappa shape index (κ2) is 49.0. The molecule has 0 radical (unpaired) electrons. The van der Waals surface area contributed by atoms with E-state index >= 15 is 0 Å². The van der Waals surface area contributed by atoms with E-state index in [1.165, 1.54) is 199 Å². The summed E-state index contributed by atoms with van der Waals surface area (Å²) in [6.45, 7) is 4.87. The molecule has 6 nitrogen and oxygen atoms in total. The van der Waals surface area contributed by atoms with Crippen molar-refractivity contribution in [3.8, 4) is 0 Å². The quantitative estimate of drug-likeness (QED) is 0.0322. The second-order valence-corrected chi connectivity index (χ2v) is 17.9. The number of aliphatic hydroxyl groups is 2. The molecule has 0 aromatic carbocycles. The van der Waals surface area contributed by atoms with Crippen LogP contribution in [0.5, 0.6) is 0 Å². The van der Waals surface area contributed by atoms with Crippen molar-refractivity contribution in [2.75, 3.05) is 13.2 Å². The number of aliphatic hydroxyl groups excluding tert-OH is 2. The highest BCUT2D eigenvalue weighted by molar-refractivity contribution is 5.76. The number of nitrogens with one attached hydrogen (secondary N) is 1. The molecule has 1 amide bonds. The molecule has 0 aliphatic heterocycles. The van der Waals surface area contributed by atoms with Crippen LogP contribution in [-0.4, -0.2) is 47.4 Å². The molecule has 0 fully saturated rings. The number of amides is 1. The molecular weight excluding hydrogens is 731 g/mol. The molecule has 59 heavy (non-hydrogen) atoms. The largest absolute Gasteiger partial charge is 0.466 e. The molecule has 0 aliphatic rings. The molecular formula is C53H101NO5. The predicted octanol–water partition coefficient (Wildman–Crippen LogP) is 15.5. The summed E-state index contributed by atoms with van der Waals surface area (Å²) in [6.07, 6.45) is 57.6. The van der Waals surface area contributed by atoms with Crippen molar-refractivity contribution in [3.05, 3.63) is 24.3 Å². The zero-order chi connectivity index (χ0) is 43.0. The average molecular weight is 832 g/mol. The topological polar surface area (TPSA) is 95.9 Å². The molecule has 3 N–H and O–H groups in total. The lowest BCUT2D eigenvalue weighted by molar-refractivity contribution is -0.143. The monoisotopic (exact) mass is 832 g/mol. The van der Waals surface area contributed by atoms with E-state index in [9.17, 15) is 19.8 Å². The molecule has 0 rings (SSSR count). The van der Waals surface area contributed by atoms with Crippen molar-refractivity contribution in [1.29, 1.82) is 0 Å². The van der Waals surface area contributed by atoms with Crippen LogP contribution < -0.4 is 5.32 Å². The van der Waals surface area contributed by atoms with Crippen molar-refractivity contribution in [2.24, 2.45) is 0 Å². The van der Waals surface area contributed by atoms with Crippen LogP contribution in [0.25, 0.3) is 0 Å². The third kappa shape index (κ3) is 45.7. The lowest BCUT2D eigenvalue weighted by Crippen LogP contribution is -2.45. The molecule has 2 atom stereocenters. The first-order valence-corrected chi connectivity index (χ1v) is 26.1. The highest BCUT2D eigenvalue weighted by atomic mass is 16.5. The maximum absolute atomic E-state index is 12.4. The summed E-state index contributed by atoms with van der Waals surface area (Å²) >= 11 is 0. The Kier molecular flexibility index (Phi) is 47.6. The Balaban J connectivity index is 3.45. The summed E-state index contributed by atoms with van der Waals surface area (Å²) in [4.78, 5) is 24.4. The van der Waals surface area contributed by atoms with Crippen LogP contribution >= 0.6 is 0 Å². The zero-order valence-corrected chi connectivity index (χ0v) is 39.5. The van der Waals surface area contributed by atoms with E-state index in [1.54, 1.807) is 6.08 Å². The molecule has 0 saturated heterocycles. The lowest BCUT2D eigenvalue weighted by Gasteiger charge is -2.20. The zero-order valence-electron chi connectivity index (χ0n) is 39.5. The van der Waals surface area contributed by atoms with E-state index in [-0.39, 0.29) is 18.5 Å². The normalized spacial score (nSPS) is 12.8. The fraction of sp³-hybridized carbons (Fsp3) is 0.887. The Morgan fingerprint density at radius 3 is 1.20 bits per heavy atom. The highest BCUT2D eigenvalue weighted by Crippen LogP contribution is 2.15. The van der Waals surface area contributed by atoms with Gasteiger partial charge in [0.15, 0.2) is 0 Å². The Morgan fingerprint density at radius 1 is 0.458 bits per heavy atom. The van der Waals surface area contributed by atoms with Crippen LogP contribution in [0.4, 0.5) is 0 Å². The number of hydrogen-bond donors (Lipinski definition) is 3. The van der Waals surface area contributed by atoms with Crippen molar-refractivity contribution < 1.29 is 24.5 Å². The molecule has 348 valence electrons. The molecule has 0 aromatic heterocycles. The Hall–Kier alpha value is -1.66. The number of esters is 1. The molecule has 2 unspecified atom stereocenters. The van der Waals surface area contributed by atoms with Gasteiger partial charge in [-0.3, -0.25) is 9.59 Å². The maximum atomic E-state index is 12.4. The Labute approximate surface area is 367 Å². The Morgan fingerprint density at radius 2 is 0.797 bits per heavy atom. The molecule has 0 saturated carbocycles. The summed E-state index contributed by atoms with van der Waals surface area (Å²) in [5, 5.41) is 23.0. The van der Waals surface area contributed by atoms with Crippen molar-refractivity contribution in [3.63, 3.8) is 0 Å². The summed E-state index contributed by atoms with van der Waals surface area (Å²) < 4.78 is 5.45. The first kappa shape index (κ1) is 57.3. The minimum Gasteiger partial charge on any atom is -0.466 e. The van der Waals surface area contributed by atoms with Crippen LogP contribution in [0.1, 0.15) is 277 Å². The fourth-order valence-electron chi connectivity index (χ4n) is 7.92. The molecule has 0 heterocycles. The Bertz CT molecular complexity index is 920. The van der Waals surface area contributed by atoms with Gasteiger partial charge >= 0.3 is 5.97 Å². The van der Waals surface area contributed by atoms with Crippen LogP contribution in [0.2, 0.25) is 0 Å². The van der Waals surface area contributed by atoms with Gasteiger partial charge in [-0.25, -0.2) is 0 Å². The van der Waals surface area contributed by atoms with Gasteiger partial charge in [0.05, 0.1) is 25.4 Å². The molecule has 6 heteroatoms. The lowest BCUT2D eigenvalue weighted by atomic mass is 10.1. The number of carbonyl (C=O) groups excluding carboxylic acids is 2. The smallest absolute Gasteiger partial charge is 0.305 e. The van der Waals surface area contributed by atoms with Gasteiger partial charge in [0, 0.05) is 12.8 Å². The summed E-state index contributed by atoms with van der Waals surface area (Å²) in [7, 11) is 0. The third-order valence-electron chi connectivity index (χ3n) is 12.0. The molecule has 0 aromatic rings. The summed E-state index contributed by atoms with van der Waals surface area (Å²) in [6, 6.07) is -0.632. The molecule has 0 bridgehead atoms. The fourth-order valence-corrected chi connectivity index (χ4v) is 7.92. The van der Waals surface area contributed by atoms with Gasteiger partial charge in [-0.1, -0.05) is 231 Å². The third-order valence-corrected chi connectivity index (χ3v) is 12.0. The number of hydrogen-bond acceptors (Lipinski definition) is 5. The van der Waals surface area contributed by atoms with Gasteiger partial charge in [-0.05, 0) is 57.8 Å². The number of unbranched alkanes of at least 4 members (excludes halogenated alkanes) is 35. The van der Waals surface area contributed by atoms with E-state index in [0.717, 1.165) is 51.4 Å². The van der Waals surface area contributed by atoms with Gasteiger partial charge in [0.2, 0.25) is 5.91 Å². The van der Waals surface area contributed by atoms with Gasteiger partial charge in [0.25, 0.3) is 0 Å². The van der Waals surface area contributed by atoms with Gasteiger partial charge in [-0.2, -0.15) is 0 Å². The van der Waals surface area contributed by atoms with Gasteiger partial charge in [-0.15, -0.1) is 0 Å². The SMILES string of the molecule is CCCCCCCCCCC/C=C/C(O)C(CO)NC(=O)CCCCCCCCC/C=C\CCCCCCCCCCCOC(=O)CCCCCCCCCCCCC. The highest BCUT2D eigenvalue weighted by Gasteiger charge is 2.18. The predicted molar refractivity (Wildman–Crippen MR) is 255 cm³/mol.